The predicted octanol–water partition coefficient (Wildman–Crippen LogP) is 6.17. The van der Waals surface area contributed by atoms with E-state index >= 15 is 0 Å². The third kappa shape index (κ3) is 5.44. The Kier molecular flexibility index (Phi) is 7.24. The molecule has 34 heavy (non-hydrogen) atoms. The Morgan fingerprint density at radius 3 is 2.32 bits per heavy atom. The first-order valence-corrected chi connectivity index (χ1v) is 10.7. The van der Waals surface area contributed by atoms with E-state index in [4.69, 9.17) is 4.74 Å². The average molecular weight is 463 g/mol. The molecule has 2 nitrogen and oxygen atoms in total. The van der Waals surface area contributed by atoms with Crippen LogP contribution in [0.1, 0.15) is 27.9 Å². The molecule has 0 saturated carbocycles. The van der Waals surface area contributed by atoms with Crippen LogP contribution in [0.2, 0.25) is 0 Å². The number of hydrogen-bond donors (Lipinski definition) is 0. The Bertz CT molecular complexity index is 1390. The number of halogens is 4. The molecule has 0 amide bonds. The second kappa shape index (κ2) is 10.5. The number of rotatable bonds is 6. The summed E-state index contributed by atoms with van der Waals surface area (Å²) in [6.07, 6.45) is 3.95. The molecule has 4 aromatic rings. The highest BCUT2D eigenvalue weighted by atomic mass is 19.2. The zero-order valence-electron chi connectivity index (χ0n) is 18.5. The van der Waals surface area contributed by atoms with Crippen molar-refractivity contribution < 1.29 is 22.3 Å². The van der Waals surface area contributed by atoms with Gasteiger partial charge in [-0.3, -0.25) is 4.98 Å². The van der Waals surface area contributed by atoms with Crippen molar-refractivity contribution in [2.75, 3.05) is 13.7 Å². The van der Waals surface area contributed by atoms with Gasteiger partial charge in [-0.15, -0.1) is 0 Å². The first kappa shape index (κ1) is 23.5. The number of aromatic nitrogens is 1. The van der Waals surface area contributed by atoms with Gasteiger partial charge in [-0.05, 0) is 72.2 Å². The summed E-state index contributed by atoms with van der Waals surface area (Å²) >= 11 is 0. The standard InChI is InChI=1S/C28H21F4NO/c1-34-13-12-20-5-10-23(33-17-20)9-4-19-3-8-21(25(29)15-19)7-2-18-6-11-24-22(14-18)16-26(30)28(32)27(24)31/h3,5-6,8,10-11,14-17H,4,9,12-13H2,1H3. The number of methoxy groups -OCH3 is 1. The van der Waals surface area contributed by atoms with Gasteiger partial charge in [0.2, 0.25) is 0 Å². The van der Waals surface area contributed by atoms with Gasteiger partial charge in [0.05, 0.1) is 12.2 Å². The van der Waals surface area contributed by atoms with E-state index in [9.17, 15) is 17.6 Å². The molecule has 0 aliphatic heterocycles. The van der Waals surface area contributed by atoms with E-state index in [0.29, 0.717) is 25.0 Å². The second-order valence-electron chi connectivity index (χ2n) is 7.89. The quantitative estimate of drug-likeness (QED) is 0.194. The van der Waals surface area contributed by atoms with Crippen LogP contribution in [0.4, 0.5) is 17.6 Å². The van der Waals surface area contributed by atoms with Crippen molar-refractivity contribution >= 4 is 10.8 Å². The van der Waals surface area contributed by atoms with Gasteiger partial charge in [0.1, 0.15) is 5.82 Å². The van der Waals surface area contributed by atoms with Crippen LogP contribution in [0.3, 0.4) is 0 Å². The van der Waals surface area contributed by atoms with E-state index < -0.39 is 23.3 Å². The van der Waals surface area contributed by atoms with Crippen molar-refractivity contribution in [1.82, 2.24) is 4.98 Å². The first-order chi connectivity index (χ1) is 16.4. The van der Waals surface area contributed by atoms with Crippen molar-refractivity contribution in [2.24, 2.45) is 0 Å². The molecule has 172 valence electrons. The summed E-state index contributed by atoms with van der Waals surface area (Å²) in [7, 11) is 1.66. The molecule has 0 atom stereocenters. The summed E-state index contributed by atoms with van der Waals surface area (Å²) in [6.45, 7) is 0.646. The van der Waals surface area contributed by atoms with E-state index in [2.05, 4.69) is 16.8 Å². The number of aryl methyl sites for hydroxylation is 2. The van der Waals surface area contributed by atoms with E-state index in [1.165, 1.54) is 24.3 Å². The lowest BCUT2D eigenvalue weighted by Gasteiger charge is -2.05. The zero-order chi connectivity index (χ0) is 24.1. The summed E-state index contributed by atoms with van der Waals surface area (Å²) in [6, 6.07) is 14.0. The monoisotopic (exact) mass is 463 g/mol. The Morgan fingerprint density at radius 2 is 1.59 bits per heavy atom. The topological polar surface area (TPSA) is 22.1 Å². The maximum atomic E-state index is 14.6. The number of nitrogens with zero attached hydrogens (tertiary/aromatic N) is 1. The van der Waals surface area contributed by atoms with Crippen LogP contribution in [0.25, 0.3) is 10.8 Å². The molecule has 0 radical (unpaired) electrons. The molecular weight excluding hydrogens is 442 g/mol. The van der Waals surface area contributed by atoms with Gasteiger partial charge >= 0.3 is 0 Å². The van der Waals surface area contributed by atoms with Crippen molar-refractivity contribution in [1.29, 1.82) is 0 Å². The van der Waals surface area contributed by atoms with Gasteiger partial charge in [-0.2, -0.15) is 0 Å². The van der Waals surface area contributed by atoms with Crippen LogP contribution >= 0.6 is 0 Å². The zero-order valence-corrected chi connectivity index (χ0v) is 18.5. The summed E-state index contributed by atoms with van der Waals surface area (Å²) in [5.74, 6) is 1.07. The van der Waals surface area contributed by atoms with Crippen LogP contribution in [-0.4, -0.2) is 18.7 Å². The average Bonchev–Trinajstić information content (AvgIpc) is 2.84. The lowest BCUT2D eigenvalue weighted by atomic mass is 10.0. The molecule has 0 saturated heterocycles. The Morgan fingerprint density at radius 1 is 0.765 bits per heavy atom. The van der Waals surface area contributed by atoms with Crippen molar-refractivity contribution in [3.8, 4) is 11.8 Å². The Hall–Kier alpha value is -3.69. The van der Waals surface area contributed by atoms with Gasteiger partial charge in [0.15, 0.2) is 17.5 Å². The van der Waals surface area contributed by atoms with Crippen LogP contribution in [0.15, 0.2) is 60.8 Å². The normalized spacial score (nSPS) is 10.9. The van der Waals surface area contributed by atoms with Gasteiger partial charge < -0.3 is 4.74 Å². The van der Waals surface area contributed by atoms with Crippen molar-refractivity contribution in [2.45, 2.75) is 19.3 Å². The number of fused-ring (bicyclic) bond motifs is 1. The molecule has 3 aromatic carbocycles. The third-order valence-corrected chi connectivity index (χ3v) is 5.50. The molecule has 0 aliphatic carbocycles. The fourth-order valence-corrected chi connectivity index (χ4v) is 3.58. The predicted molar refractivity (Wildman–Crippen MR) is 123 cm³/mol. The Labute approximate surface area is 195 Å². The number of ether oxygens (including phenoxy) is 1. The van der Waals surface area contributed by atoms with Crippen LogP contribution < -0.4 is 0 Å². The Balaban J connectivity index is 1.44. The molecule has 6 heteroatoms. The lowest BCUT2D eigenvalue weighted by molar-refractivity contribution is 0.202. The summed E-state index contributed by atoms with van der Waals surface area (Å²) < 4.78 is 60.4. The van der Waals surface area contributed by atoms with Crippen molar-refractivity contribution in [3.05, 3.63) is 112 Å². The fraction of sp³-hybridized carbons (Fsp3) is 0.179. The highest BCUT2D eigenvalue weighted by molar-refractivity contribution is 5.84. The van der Waals surface area contributed by atoms with Gasteiger partial charge in [0, 0.05) is 30.0 Å². The highest BCUT2D eigenvalue weighted by Crippen LogP contribution is 2.24. The SMILES string of the molecule is COCCc1ccc(CCc2ccc(C#Cc3ccc4c(F)c(F)c(F)cc4c3)c(F)c2)nc1. The molecule has 0 bridgehead atoms. The fourth-order valence-electron chi connectivity index (χ4n) is 3.58. The van der Waals surface area contributed by atoms with E-state index in [1.54, 1.807) is 13.2 Å². The van der Waals surface area contributed by atoms with Gasteiger partial charge in [-0.1, -0.05) is 30.0 Å². The minimum Gasteiger partial charge on any atom is -0.384 e. The molecule has 0 N–H and O–H groups in total. The summed E-state index contributed by atoms with van der Waals surface area (Å²) in [5, 5.41) is 0.137. The highest BCUT2D eigenvalue weighted by Gasteiger charge is 2.13. The number of hydrogen-bond acceptors (Lipinski definition) is 2. The molecular formula is C28H21F4NO. The summed E-state index contributed by atoms with van der Waals surface area (Å²) in [5.41, 5.74) is 3.50. The maximum Gasteiger partial charge on any atom is 0.195 e. The van der Waals surface area contributed by atoms with E-state index in [1.807, 2.05) is 24.4 Å². The minimum atomic E-state index is -1.51. The molecule has 4 rings (SSSR count). The second-order valence-corrected chi connectivity index (χ2v) is 7.89. The van der Waals surface area contributed by atoms with Gasteiger partial charge in [-0.25, -0.2) is 17.6 Å². The minimum absolute atomic E-state index is 0.0425. The number of pyridine rings is 1. The molecule has 0 fully saturated rings. The molecule has 1 aromatic heterocycles. The lowest BCUT2D eigenvalue weighted by Crippen LogP contribution is -1.99. The molecule has 0 spiro atoms. The van der Waals surface area contributed by atoms with E-state index in [0.717, 1.165) is 29.3 Å². The molecule has 0 aliphatic rings. The van der Waals surface area contributed by atoms with Crippen LogP contribution in [-0.2, 0) is 24.0 Å². The molecule has 0 unspecified atom stereocenters. The maximum absolute atomic E-state index is 14.6. The van der Waals surface area contributed by atoms with Crippen LogP contribution in [0.5, 0.6) is 0 Å². The smallest absolute Gasteiger partial charge is 0.195 e. The van der Waals surface area contributed by atoms with Crippen LogP contribution in [0, 0.1) is 35.1 Å². The largest absolute Gasteiger partial charge is 0.384 e. The van der Waals surface area contributed by atoms with Crippen molar-refractivity contribution in [3.63, 3.8) is 0 Å². The number of benzene rings is 3. The molecule has 1 heterocycles. The first-order valence-electron chi connectivity index (χ1n) is 10.7. The van der Waals surface area contributed by atoms with E-state index in [-0.39, 0.29) is 16.3 Å². The summed E-state index contributed by atoms with van der Waals surface area (Å²) in [4.78, 5) is 4.45. The van der Waals surface area contributed by atoms with Gasteiger partial charge in [0.25, 0.3) is 0 Å². The third-order valence-electron chi connectivity index (χ3n) is 5.50.